The molecule has 0 unspecified atom stereocenters. The second-order valence-electron chi connectivity index (χ2n) is 4.49. The molecule has 0 atom stereocenters. The highest BCUT2D eigenvalue weighted by Crippen LogP contribution is 2.03. The Labute approximate surface area is 133 Å². The predicted octanol–water partition coefficient (Wildman–Crippen LogP) is 1.94. The lowest BCUT2D eigenvalue weighted by atomic mass is 10.2. The molecule has 1 rings (SSSR count). The van der Waals surface area contributed by atoms with Gasteiger partial charge in [0.05, 0.1) is 26.4 Å². The van der Waals surface area contributed by atoms with E-state index in [0.717, 1.165) is 13.0 Å². The standard InChI is InChI=1S/C14H22INO4/c15-7-3-1-2-4-9-19-11-12-20-10-8-16-13(17)5-6-14(16)18/h5-6H,1-4,7-12H2. The van der Waals surface area contributed by atoms with E-state index in [-0.39, 0.29) is 11.8 Å². The number of hydrogen-bond acceptors (Lipinski definition) is 4. The summed E-state index contributed by atoms with van der Waals surface area (Å²) >= 11 is 2.39. The molecule has 2 amide bonds. The predicted molar refractivity (Wildman–Crippen MR) is 84.9 cm³/mol. The van der Waals surface area contributed by atoms with Gasteiger partial charge in [-0.2, -0.15) is 0 Å². The first-order valence-electron chi connectivity index (χ1n) is 7.00. The number of unbranched alkanes of at least 4 members (excludes halogenated alkanes) is 3. The van der Waals surface area contributed by atoms with Gasteiger partial charge in [-0.3, -0.25) is 14.5 Å². The summed E-state index contributed by atoms with van der Waals surface area (Å²) in [5.41, 5.74) is 0. The van der Waals surface area contributed by atoms with E-state index in [9.17, 15) is 9.59 Å². The van der Waals surface area contributed by atoms with Gasteiger partial charge in [0, 0.05) is 18.8 Å². The van der Waals surface area contributed by atoms with E-state index < -0.39 is 0 Å². The van der Waals surface area contributed by atoms with Crippen LogP contribution in [0, 0.1) is 0 Å². The quantitative estimate of drug-likeness (QED) is 0.219. The van der Waals surface area contributed by atoms with Gasteiger partial charge in [0.25, 0.3) is 11.8 Å². The second-order valence-corrected chi connectivity index (χ2v) is 5.57. The average molecular weight is 395 g/mol. The molecule has 0 bridgehead atoms. The summed E-state index contributed by atoms with van der Waals surface area (Å²) in [6.07, 6.45) is 7.43. The first-order chi connectivity index (χ1) is 9.75. The lowest BCUT2D eigenvalue weighted by Crippen LogP contribution is -2.33. The minimum absolute atomic E-state index is 0.263. The summed E-state index contributed by atoms with van der Waals surface area (Å²) in [7, 11) is 0. The van der Waals surface area contributed by atoms with Crippen LogP contribution in [-0.4, -0.2) is 54.1 Å². The Morgan fingerprint density at radius 1 is 0.850 bits per heavy atom. The van der Waals surface area contributed by atoms with Crippen molar-refractivity contribution in [1.29, 1.82) is 0 Å². The van der Waals surface area contributed by atoms with Crippen LogP contribution in [0.1, 0.15) is 25.7 Å². The molecule has 5 nitrogen and oxygen atoms in total. The van der Waals surface area contributed by atoms with Crippen molar-refractivity contribution >= 4 is 34.4 Å². The van der Waals surface area contributed by atoms with Crippen LogP contribution >= 0.6 is 22.6 Å². The third kappa shape index (κ3) is 7.35. The van der Waals surface area contributed by atoms with Crippen molar-refractivity contribution in [3.8, 4) is 0 Å². The van der Waals surface area contributed by atoms with Gasteiger partial charge < -0.3 is 9.47 Å². The Kier molecular flexibility index (Phi) is 9.86. The van der Waals surface area contributed by atoms with Gasteiger partial charge in [0.15, 0.2) is 0 Å². The summed E-state index contributed by atoms with van der Waals surface area (Å²) in [6, 6.07) is 0. The van der Waals surface area contributed by atoms with Gasteiger partial charge >= 0.3 is 0 Å². The highest BCUT2D eigenvalue weighted by atomic mass is 127. The molecule has 1 aliphatic rings. The molecule has 0 saturated heterocycles. The van der Waals surface area contributed by atoms with E-state index in [1.54, 1.807) is 0 Å². The van der Waals surface area contributed by atoms with Crippen molar-refractivity contribution in [2.45, 2.75) is 25.7 Å². The highest BCUT2D eigenvalue weighted by molar-refractivity contribution is 14.1. The Morgan fingerprint density at radius 3 is 2.10 bits per heavy atom. The molecule has 1 heterocycles. The molecule has 1 aliphatic heterocycles. The van der Waals surface area contributed by atoms with E-state index >= 15 is 0 Å². The molecule has 0 spiro atoms. The number of halogens is 1. The molecule has 0 aliphatic carbocycles. The van der Waals surface area contributed by atoms with E-state index in [0.29, 0.717) is 26.4 Å². The van der Waals surface area contributed by atoms with Gasteiger partial charge in [0.1, 0.15) is 0 Å². The summed E-state index contributed by atoms with van der Waals surface area (Å²) in [5.74, 6) is -0.525. The van der Waals surface area contributed by atoms with Crippen LogP contribution in [0.4, 0.5) is 0 Å². The Bertz CT molecular complexity index is 315. The summed E-state index contributed by atoms with van der Waals surface area (Å²) in [6.45, 7) is 2.50. The zero-order chi connectivity index (χ0) is 14.6. The molecular formula is C14H22INO4. The first kappa shape index (κ1) is 17.6. The number of ether oxygens (including phenoxy) is 2. The molecule has 0 saturated carbocycles. The van der Waals surface area contributed by atoms with Crippen LogP contribution in [0.5, 0.6) is 0 Å². The van der Waals surface area contributed by atoms with Crippen molar-refractivity contribution in [2.75, 3.05) is 37.4 Å². The number of amides is 2. The molecule has 0 N–H and O–H groups in total. The maximum atomic E-state index is 11.2. The molecule has 0 aromatic heterocycles. The highest BCUT2D eigenvalue weighted by Gasteiger charge is 2.22. The van der Waals surface area contributed by atoms with E-state index in [4.69, 9.17) is 9.47 Å². The van der Waals surface area contributed by atoms with E-state index in [2.05, 4.69) is 22.6 Å². The third-order valence-corrected chi connectivity index (χ3v) is 3.67. The number of rotatable bonds is 12. The zero-order valence-corrected chi connectivity index (χ0v) is 13.8. The van der Waals surface area contributed by atoms with Crippen molar-refractivity contribution < 1.29 is 19.1 Å². The SMILES string of the molecule is O=C1C=CC(=O)N1CCOCCOCCCCCCI. The maximum Gasteiger partial charge on any atom is 0.253 e. The third-order valence-electron chi connectivity index (χ3n) is 2.90. The summed E-state index contributed by atoms with van der Waals surface area (Å²) in [5, 5.41) is 0. The van der Waals surface area contributed by atoms with Crippen LogP contribution in [0.3, 0.4) is 0 Å². The maximum absolute atomic E-state index is 11.2. The smallest absolute Gasteiger partial charge is 0.253 e. The van der Waals surface area contributed by atoms with Gasteiger partial charge in [-0.05, 0) is 17.3 Å². The summed E-state index contributed by atoms with van der Waals surface area (Å²) < 4.78 is 12.0. The molecule has 0 aromatic carbocycles. The van der Waals surface area contributed by atoms with Crippen molar-refractivity contribution in [1.82, 2.24) is 4.90 Å². The molecule has 0 radical (unpaired) electrons. The van der Waals surface area contributed by atoms with Crippen LogP contribution < -0.4 is 0 Å². The van der Waals surface area contributed by atoms with E-state index in [1.165, 1.54) is 40.7 Å². The van der Waals surface area contributed by atoms with Crippen LogP contribution in [0.25, 0.3) is 0 Å². The van der Waals surface area contributed by atoms with Crippen molar-refractivity contribution in [3.63, 3.8) is 0 Å². The largest absolute Gasteiger partial charge is 0.379 e. The molecule has 20 heavy (non-hydrogen) atoms. The second kappa shape index (κ2) is 11.2. The van der Waals surface area contributed by atoms with E-state index in [1.807, 2.05) is 0 Å². The number of hydrogen-bond donors (Lipinski definition) is 0. The van der Waals surface area contributed by atoms with Gasteiger partial charge in [-0.15, -0.1) is 0 Å². The fourth-order valence-electron chi connectivity index (χ4n) is 1.78. The van der Waals surface area contributed by atoms with Crippen LogP contribution in [0.2, 0.25) is 0 Å². The number of imide groups is 1. The average Bonchev–Trinajstić information content (AvgIpc) is 2.76. The Morgan fingerprint density at radius 2 is 1.45 bits per heavy atom. The van der Waals surface area contributed by atoms with Gasteiger partial charge in [-0.25, -0.2) is 0 Å². The number of carbonyl (C=O) groups is 2. The topological polar surface area (TPSA) is 55.8 Å². The first-order valence-corrected chi connectivity index (χ1v) is 8.53. The summed E-state index contributed by atoms with van der Waals surface area (Å²) in [4.78, 5) is 23.6. The zero-order valence-electron chi connectivity index (χ0n) is 11.7. The minimum atomic E-state index is -0.263. The van der Waals surface area contributed by atoms with Crippen LogP contribution in [0.15, 0.2) is 12.2 Å². The fraction of sp³-hybridized carbons (Fsp3) is 0.714. The number of alkyl halides is 1. The normalized spacial score (nSPS) is 14.6. The molecule has 6 heteroatoms. The number of carbonyl (C=O) groups excluding carboxylic acids is 2. The lowest BCUT2D eigenvalue weighted by Gasteiger charge is -2.13. The monoisotopic (exact) mass is 395 g/mol. The minimum Gasteiger partial charge on any atom is -0.379 e. The molecule has 0 aromatic rings. The fourth-order valence-corrected chi connectivity index (χ4v) is 2.32. The van der Waals surface area contributed by atoms with Gasteiger partial charge in [0.2, 0.25) is 0 Å². The van der Waals surface area contributed by atoms with Crippen molar-refractivity contribution in [2.24, 2.45) is 0 Å². The van der Waals surface area contributed by atoms with Gasteiger partial charge in [-0.1, -0.05) is 35.4 Å². The Hall–Kier alpha value is -0.470. The molecular weight excluding hydrogens is 373 g/mol. The number of nitrogens with zero attached hydrogens (tertiary/aromatic N) is 1. The van der Waals surface area contributed by atoms with Crippen molar-refractivity contribution in [3.05, 3.63) is 12.2 Å². The van der Waals surface area contributed by atoms with Crippen LogP contribution in [-0.2, 0) is 19.1 Å². The Balaban J connectivity index is 1.83. The molecule has 0 fully saturated rings. The molecule has 114 valence electrons. The lowest BCUT2D eigenvalue weighted by molar-refractivity contribution is -0.137.